The lowest BCUT2D eigenvalue weighted by molar-refractivity contribution is 0.0525. The Balaban J connectivity index is 2.21. The average Bonchev–Trinajstić information content (AvgIpc) is 2.89. The first-order valence-electron chi connectivity index (χ1n) is 4.35. The number of esters is 1. The lowest BCUT2D eigenvalue weighted by atomic mass is 10.5. The van der Waals surface area contributed by atoms with Gasteiger partial charge in [-0.1, -0.05) is 11.3 Å². The number of hydrogen-bond acceptors (Lipinski definition) is 6. The van der Waals surface area contributed by atoms with Crippen LogP contribution in [-0.2, 0) is 4.74 Å². The van der Waals surface area contributed by atoms with Gasteiger partial charge in [0.1, 0.15) is 0 Å². The van der Waals surface area contributed by atoms with E-state index in [1.807, 2.05) is 0 Å². The van der Waals surface area contributed by atoms with Crippen LogP contribution in [0.25, 0.3) is 10.8 Å². The molecule has 0 radical (unpaired) electrons. The van der Waals surface area contributed by atoms with E-state index in [9.17, 15) is 4.79 Å². The van der Waals surface area contributed by atoms with Crippen LogP contribution < -0.4 is 0 Å². The van der Waals surface area contributed by atoms with Crippen LogP contribution in [0.3, 0.4) is 0 Å². The summed E-state index contributed by atoms with van der Waals surface area (Å²) in [6.45, 7) is 2.07. The van der Waals surface area contributed by atoms with Crippen LogP contribution in [0.15, 0.2) is 22.8 Å². The van der Waals surface area contributed by atoms with Crippen LogP contribution in [-0.4, -0.2) is 22.8 Å². The van der Waals surface area contributed by atoms with E-state index in [2.05, 4.69) is 10.2 Å². The first-order valence-corrected chi connectivity index (χ1v) is 5.17. The fourth-order valence-electron chi connectivity index (χ4n) is 0.998. The van der Waals surface area contributed by atoms with E-state index < -0.39 is 5.97 Å². The third kappa shape index (κ3) is 2.04. The van der Waals surface area contributed by atoms with Crippen LogP contribution >= 0.6 is 11.3 Å². The maximum absolute atomic E-state index is 11.3. The van der Waals surface area contributed by atoms with E-state index in [1.165, 1.54) is 0 Å². The number of carbonyl (C=O) groups excluding carboxylic acids is 1. The van der Waals surface area contributed by atoms with Crippen LogP contribution in [0.1, 0.15) is 16.7 Å². The Labute approximate surface area is 89.7 Å². The minimum atomic E-state index is -0.451. The van der Waals surface area contributed by atoms with Gasteiger partial charge in [0.05, 0.1) is 12.9 Å². The third-order valence-electron chi connectivity index (χ3n) is 1.61. The van der Waals surface area contributed by atoms with Crippen LogP contribution in [0.2, 0.25) is 0 Å². The second kappa shape index (κ2) is 4.22. The van der Waals surface area contributed by atoms with E-state index in [0.29, 0.717) is 17.4 Å². The zero-order chi connectivity index (χ0) is 10.7. The van der Waals surface area contributed by atoms with Crippen molar-refractivity contribution >= 4 is 17.3 Å². The minimum Gasteiger partial charge on any atom is -0.462 e. The standard InChI is InChI=1S/C9H8N2O3S/c1-2-13-9(12)8-11-10-7(15-8)6-4-3-5-14-6/h3-5H,2H2,1H3. The first-order chi connectivity index (χ1) is 7.31. The largest absolute Gasteiger partial charge is 0.462 e. The molecule has 0 aliphatic rings. The fraction of sp³-hybridized carbons (Fsp3) is 0.222. The third-order valence-corrected chi connectivity index (χ3v) is 2.52. The van der Waals surface area contributed by atoms with Gasteiger partial charge in [0.15, 0.2) is 10.8 Å². The average molecular weight is 224 g/mol. The zero-order valence-corrected chi connectivity index (χ0v) is 8.78. The molecule has 0 unspecified atom stereocenters. The predicted molar refractivity (Wildman–Crippen MR) is 53.6 cm³/mol. The number of hydrogen-bond donors (Lipinski definition) is 0. The summed E-state index contributed by atoms with van der Waals surface area (Å²) in [5.41, 5.74) is 0. The number of ether oxygens (including phenoxy) is 1. The Hall–Kier alpha value is -1.69. The van der Waals surface area contributed by atoms with Gasteiger partial charge in [0.2, 0.25) is 5.01 Å². The molecule has 0 N–H and O–H groups in total. The highest BCUT2D eigenvalue weighted by molar-refractivity contribution is 7.16. The summed E-state index contributed by atoms with van der Waals surface area (Å²) < 4.78 is 9.93. The van der Waals surface area contributed by atoms with Crippen LogP contribution in [0.4, 0.5) is 0 Å². The topological polar surface area (TPSA) is 65.2 Å². The summed E-state index contributed by atoms with van der Waals surface area (Å²) >= 11 is 1.15. The second-order valence-corrected chi connectivity index (χ2v) is 3.59. The van der Waals surface area contributed by atoms with Crippen molar-refractivity contribution in [3.05, 3.63) is 23.4 Å². The number of nitrogens with zero attached hydrogens (tertiary/aromatic N) is 2. The van der Waals surface area contributed by atoms with Gasteiger partial charge < -0.3 is 9.15 Å². The van der Waals surface area contributed by atoms with E-state index in [-0.39, 0.29) is 5.01 Å². The summed E-state index contributed by atoms with van der Waals surface area (Å²) in [6, 6.07) is 3.51. The van der Waals surface area contributed by atoms with Gasteiger partial charge in [-0.05, 0) is 19.1 Å². The lowest BCUT2D eigenvalue weighted by Gasteiger charge is -1.94. The second-order valence-electron chi connectivity index (χ2n) is 2.61. The molecule has 0 atom stereocenters. The molecule has 0 amide bonds. The molecule has 2 aromatic rings. The maximum atomic E-state index is 11.3. The Morgan fingerprint density at radius 3 is 3.13 bits per heavy atom. The zero-order valence-electron chi connectivity index (χ0n) is 7.97. The van der Waals surface area contributed by atoms with Gasteiger partial charge in [-0.25, -0.2) is 4.79 Å². The number of aromatic nitrogens is 2. The molecule has 0 saturated heterocycles. The Morgan fingerprint density at radius 1 is 1.60 bits per heavy atom. The summed E-state index contributed by atoms with van der Waals surface area (Å²) in [6.07, 6.45) is 1.54. The molecule has 2 rings (SSSR count). The van der Waals surface area contributed by atoms with Crippen molar-refractivity contribution in [3.63, 3.8) is 0 Å². The first kappa shape index (κ1) is 9.85. The monoisotopic (exact) mass is 224 g/mol. The highest BCUT2D eigenvalue weighted by Gasteiger charge is 2.15. The smallest absolute Gasteiger partial charge is 0.369 e. The quantitative estimate of drug-likeness (QED) is 0.746. The highest BCUT2D eigenvalue weighted by Crippen LogP contribution is 2.23. The normalized spacial score (nSPS) is 10.2. The molecule has 0 aromatic carbocycles. The summed E-state index contributed by atoms with van der Waals surface area (Å²) in [5, 5.41) is 8.37. The van der Waals surface area contributed by atoms with Crippen molar-refractivity contribution < 1.29 is 13.9 Å². The van der Waals surface area contributed by atoms with Gasteiger partial charge in [-0.2, -0.15) is 0 Å². The summed E-state index contributed by atoms with van der Waals surface area (Å²) in [4.78, 5) is 11.3. The van der Waals surface area contributed by atoms with Gasteiger partial charge in [0, 0.05) is 0 Å². The van der Waals surface area contributed by atoms with Crippen molar-refractivity contribution in [2.45, 2.75) is 6.92 Å². The molecule has 0 saturated carbocycles. The van der Waals surface area contributed by atoms with Gasteiger partial charge >= 0.3 is 5.97 Å². The van der Waals surface area contributed by atoms with Gasteiger partial charge in [-0.3, -0.25) is 0 Å². The molecule has 0 aliphatic heterocycles. The van der Waals surface area contributed by atoms with Crippen LogP contribution in [0, 0.1) is 0 Å². The summed E-state index contributed by atoms with van der Waals surface area (Å²) in [5.74, 6) is 0.149. The molecule has 5 nitrogen and oxygen atoms in total. The van der Waals surface area contributed by atoms with Crippen molar-refractivity contribution in [3.8, 4) is 10.8 Å². The Kier molecular flexibility index (Phi) is 2.77. The molecule has 15 heavy (non-hydrogen) atoms. The minimum absolute atomic E-state index is 0.239. The van der Waals surface area contributed by atoms with E-state index in [1.54, 1.807) is 25.3 Å². The van der Waals surface area contributed by atoms with E-state index >= 15 is 0 Å². The summed E-state index contributed by atoms with van der Waals surface area (Å²) in [7, 11) is 0. The number of rotatable bonds is 3. The van der Waals surface area contributed by atoms with Crippen molar-refractivity contribution in [1.82, 2.24) is 10.2 Å². The molecule has 0 spiro atoms. The Morgan fingerprint density at radius 2 is 2.47 bits per heavy atom. The van der Waals surface area contributed by atoms with E-state index in [4.69, 9.17) is 9.15 Å². The van der Waals surface area contributed by atoms with Crippen LogP contribution in [0.5, 0.6) is 0 Å². The number of carbonyl (C=O) groups is 1. The molecule has 0 aliphatic carbocycles. The van der Waals surface area contributed by atoms with Crippen molar-refractivity contribution in [1.29, 1.82) is 0 Å². The fourth-order valence-corrected chi connectivity index (χ4v) is 1.70. The molecular weight excluding hydrogens is 216 g/mol. The van der Waals surface area contributed by atoms with Gasteiger partial charge in [-0.15, -0.1) is 10.2 Å². The highest BCUT2D eigenvalue weighted by atomic mass is 32.1. The van der Waals surface area contributed by atoms with Gasteiger partial charge in [0.25, 0.3) is 0 Å². The maximum Gasteiger partial charge on any atom is 0.369 e. The molecular formula is C9H8N2O3S. The molecule has 2 aromatic heterocycles. The molecule has 0 bridgehead atoms. The Bertz CT molecular complexity index is 450. The predicted octanol–water partition coefficient (Wildman–Crippen LogP) is 1.97. The SMILES string of the molecule is CCOC(=O)c1nnc(-c2ccco2)s1. The van der Waals surface area contributed by atoms with E-state index in [0.717, 1.165) is 11.3 Å². The molecule has 2 heterocycles. The molecule has 6 heteroatoms. The lowest BCUT2D eigenvalue weighted by Crippen LogP contribution is -2.03. The van der Waals surface area contributed by atoms with Crippen molar-refractivity contribution in [2.75, 3.05) is 6.61 Å². The number of furan rings is 1. The molecule has 78 valence electrons. The molecule has 0 fully saturated rings. The van der Waals surface area contributed by atoms with Crippen molar-refractivity contribution in [2.24, 2.45) is 0 Å².